The van der Waals surface area contributed by atoms with Crippen molar-refractivity contribution in [1.29, 1.82) is 0 Å². The SMILES string of the molecule is COc1ccc2c3c(c4c(c2c1)OC(c1ccccc1)(c1ccc(N2CCOCC2)cc1)C=C4)C1(c2ccccc2-c2ccccc21)c1cc(CO)ccc1-3. The van der Waals surface area contributed by atoms with Crippen LogP contribution < -0.4 is 14.4 Å². The van der Waals surface area contributed by atoms with E-state index in [2.05, 4.69) is 157 Å². The van der Waals surface area contributed by atoms with Gasteiger partial charge in [0, 0.05) is 40.9 Å². The van der Waals surface area contributed by atoms with Crippen molar-refractivity contribution in [2.45, 2.75) is 17.6 Å². The van der Waals surface area contributed by atoms with Crippen molar-refractivity contribution in [3.05, 3.63) is 190 Å². The van der Waals surface area contributed by atoms with Gasteiger partial charge in [0.1, 0.15) is 11.5 Å². The summed E-state index contributed by atoms with van der Waals surface area (Å²) in [6.45, 7) is 3.19. The van der Waals surface area contributed by atoms with Crippen molar-refractivity contribution in [1.82, 2.24) is 0 Å². The minimum atomic E-state index is -0.907. The average molecular weight is 718 g/mol. The van der Waals surface area contributed by atoms with Gasteiger partial charge in [-0.1, -0.05) is 115 Å². The van der Waals surface area contributed by atoms with Crippen LogP contribution >= 0.6 is 0 Å². The summed E-state index contributed by atoms with van der Waals surface area (Å²) >= 11 is 0. The highest BCUT2D eigenvalue weighted by Crippen LogP contribution is 2.67. The maximum atomic E-state index is 10.5. The minimum Gasteiger partial charge on any atom is -0.497 e. The molecule has 1 saturated heterocycles. The zero-order valence-electron chi connectivity index (χ0n) is 30.6. The molecule has 0 saturated carbocycles. The van der Waals surface area contributed by atoms with Gasteiger partial charge in [-0.05, 0) is 91.9 Å². The number of hydrogen-bond donors (Lipinski definition) is 1. The maximum absolute atomic E-state index is 10.5. The Morgan fingerprint density at radius 1 is 0.673 bits per heavy atom. The predicted molar refractivity (Wildman–Crippen MR) is 219 cm³/mol. The molecule has 1 unspecified atom stereocenters. The summed E-state index contributed by atoms with van der Waals surface area (Å²) in [6, 6.07) is 50.0. The van der Waals surface area contributed by atoms with Crippen molar-refractivity contribution in [2.24, 2.45) is 0 Å². The molecule has 2 aliphatic heterocycles. The molecule has 268 valence electrons. The van der Waals surface area contributed by atoms with E-state index in [0.717, 1.165) is 70.8 Å². The molecular formula is C50H39NO4. The molecular weight excluding hydrogens is 679 g/mol. The molecule has 1 N–H and O–H groups in total. The van der Waals surface area contributed by atoms with Crippen LogP contribution in [0.2, 0.25) is 0 Å². The molecule has 0 aromatic heterocycles. The van der Waals surface area contributed by atoms with E-state index < -0.39 is 11.0 Å². The molecule has 5 heteroatoms. The molecule has 11 rings (SSSR count). The molecule has 0 amide bonds. The van der Waals surface area contributed by atoms with Crippen LogP contribution in [-0.4, -0.2) is 38.5 Å². The average Bonchev–Trinajstić information content (AvgIpc) is 3.74. The van der Waals surface area contributed by atoms with Gasteiger partial charge in [-0.2, -0.15) is 0 Å². The highest BCUT2D eigenvalue weighted by atomic mass is 16.5. The van der Waals surface area contributed by atoms with E-state index in [9.17, 15) is 5.11 Å². The Morgan fingerprint density at radius 3 is 2.07 bits per heavy atom. The Balaban J connectivity index is 1.23. The lowest BCUT2D eigenvalue weighted by Crippen LogP contribution is -2.37. The number of methoxy groups -OCH3 is 1. The van der Waals surface area contributed by atoms with Gasteiger partial charge < -0.3 is 24.2 Å². The third-order valence-electron chi connectivity index (χ3n) is 12.4. The van der Waals surface area contributed by atoms with Crippen LogP contribution in [0.4, 0.5) is 5.69 Å². The van der Waals surface area contributed by atoms with Gasteiger partial charge in [-0.3, -0.25) is 0 Å². The lowest BCUT2D eigenvalue weighted by molar-refractivity contribution is 0.122. The summed E-state index contributed by atoms with van der Waals surface area (Å²) in [7, 11) is 1.72. The fraction of sp³-hybridized carbons (Fsp3) is 0.160. The predicted octanol–water partition coefficient (Wildman–Crippen LogP) is 9.87. The van der Waals surface area contributed by atoms with Gasteiger partial charge in [0.05, 0.1) is 32.3 Å². The van der Waals surface area contributed by atoms with Crippen LogP contribution in [0.25, 0.3) is 39.1 Å². The monoisotopic (exact) mass is 717 g/mol. The number of ether oxygens (including phenoxy) is 3. The standard InChI is InChI=1S/C50H39NO4/c1-53-36-20-22-39-42(30-36)48-41(23-24-49(55-48,33-9-3-2-4-10-33)34-16-18-35(19-17-34)51-25-27-54-28-26-51)47-46(39)40-21-15-32(31-52)29-45(40)50(47)43-13-7-5-11-37(43)38-12-6-8-14-44(38)50/h2-24,29-30,52H,25-28,31H2,1H3. The molecule has 2 heterocycles. The first-order valence-corrected chi connectivity index (χ1v) is 19.1. The third-order valence-corrected chi connectivity index (χ3v) is 12.4. The zero-order chi connectivity index (χ0) is 36.7. The maximum Gasteiger partial charge on any atom is 0.178 e. The molecule has 7 aromatic rings. The van der Waals surface area contributed by atoms with Crippen molar-refractivity contribution in [3.63, 3.8) is 0 Å². The zero-order valence-corrected chi connectivity index (χ0v) is 30.6. The van der Waals surface area contributed by atoms with Crippen molar-refractivity contribution < 1.29 is 19.3 Å². The van der Waals surface area contributed by atoms with Gasteiger partial charge in [-0.15, -0.1) is 0 Å². The van der Waals surface area contributed by atoms with Gasteiger partial charge >= 0.3 is 0 Å². The highest BCUT2D eigenvalue weighted by Gasteiger charge is 2.54. The summed E-state index contributed by atoms with van der Waals surface area (Å²) in [4.78, 5) is 2.38. The lowest BCUT2D eigenvalue weighted by atomic mass is 9.68. The number of benzene rings is 7. The van der Waals surface area contributed by atoms with Crippen LogP contribution in [0.1, 0.15) is 44.5 Å². The molecule has 4 aliphatic rings. The molecule has 0 radical (unpaired) electrons. The van der Waals surface area contributed by atoms with Crippen LogP contribution in [0, 0.1) is 0 Å². The summed E-state index contributed by atoms with van der Waals surface area (Å²) in [5.41, 5.74) is 13.4. The van der Waals surface area contributed by atoms with Crippen LogP contribution in [0.3, 0.4) is 0 Å². The van der Waals surface area contributed by atoms with Crippen molar-refractivity contribution >= 4 is 22.5 Å². The largest absolute Gasteiger partial charge is 0.497 e. The van der Waals surface area contributed by atoms with E-state index in [4.69, 9.17) is 14.2 Å². The van der Waals surface area contributed by atoms with Gasteiger partial charge in [0.25, 0.3) is 0 Å². The molecule has 0 bridgehead atoms. The second kappa shape index (κ2) is 12.2. The summed E-state index contributed by atoms with van der Waals surface area (Å²) in [6.07, 6.45) is 4.59. The number of nitrogens with zero attached hydrogens (tertiary/aromatic N) is 1. The molecule has 1 spiro atoms. The van der Waals surface area contributed by atoms with E-state index in [0.29, 0.717) is 0 Å². The Kier molecular flexibility index (Phi) is 7.16. The summed E-state index contributed by atoms with van der Waals surface area (Å²) in [5, 5.41) is 12.6. The first-order chi connectivity index (χ1) is 27.2. The fourth-order valence-corrected chi connectivity index (χ4v) is 9.97. The van der Waals surface area contributed by atoms with E-state index >= 15 is 0 Å². The van der Waals surface area contributed by atoms with Gasteiger partial charge in [0.15, 0.2) is 5.60 Å². The molecule has 5 nitrogen and oxygen atoms in total. The Labute approximate surface area is 320 Å². The summed E-state index contributed by atoms with van der Waals surface area (Å²) in [5.74, 6) is 1.60. The molecule has 7 aromatic carbocycles. The van der Waals surface area contributed by atoms with Crippen molar-refractivity contribution in [3.8, 4) is 33.8 Å². The second-order valence-electron chi connectivity index (χ2n) is 15.0. The number of hydrogen-bond acceptors (Lipinski definition) is 5. The number of morpholine rings is 1. The fourth-order valence-electron chi connectivity index (χ4n) is 9.97. The minimum absolute atomic E-state index is 0.0357. The lowest BCUT2D eigenvalue weighted by Gasteiger charge is -2.39. The Hall–Kier alpha value is -6.14. The first-order valence-electron chi connectivity index (χ1n) is 19.1. The molecule has 1 fully saturated rings. The second-order valence-corrected chi connectivity index (χ2v) is 15.0. The number of anilines is 1. The molecule has 1 atom stereocenters. The van der Waals surface area contributed by atoms with E-state index in [1.807, 2.05) is 0 Å². The molecule has 2 aliphatic carbocycles. The summed E-state index contributed by atoms with van der Waals surface area (Å²) < 4.78 is 19.3. The highest BCUT2D eigenvalue weighted by molar-refractivity contribution is 6.11. The first kappa shape index (κ1) is 32.3. The number of rotatable bonds is 5. The van der Waals surface area contributed by atoms with Gasteiger partial charge in [0.2, 0.25) is 0 Å². The Morgan fingerprint density at radius 2 is 1.36 bits per heavy atom. The van der Waals surface area contributed by atoms with E-state index in [1.165, 1.54) is 50.2 Å². The Bertz CT molecular complexity index is 2650. The van der Waals surface area contributed by atoms with Gasteiger partial charge in [-0.25, -0.2) is 0 Å². The topological polar surface area (TPSA) is 51.2 Å². The molecule has 55 heavy (non-hydrogen) atoms. The van der Waals surface area contributed by atoms with Crippen LogP contribution in [0.5, 0.6) is 11.5 Å². The van der Waals surface area contributed by atoms with Crippen molar-refractivity contribution in [2.75, 3.05) is 38.3 Å². The number of aliphatic hydroxyl groups excluding tert-OH is 1. The number of aliphatic hydroxyl groups is 1. The van der Waals surface area contributed by atoms with E-state index in [-0.39, 0.29) is 6.61 Å². The normalized spacial score (nSPS) is 18.3. The third kappa shape index (κ3) is 4.42. The van der Waals surface area contributed by atoms with Crippen LogP contribution in [-0.2, 0) is 22.4 Å². The van der Waals surface area contributed by atoms with E-state index in [1.54, 1.807) is 7.11 Å². The smallest absolute Gasteiger partial charge is 0.178 e. The van der Waals surface area contributed by atoms with Crippen LogP contribution in [0.15, 0.2) is 146 Å². The quantitative estimate of drug-likeness (QED) is 0.192. The number of fused-ring (bicyclic) bond motifs is 15.